The molecule has 0 aliphatic carbocycles. The number of fused-ring (bicyclic) bond motifs is 1. The molecule has 0 bridgehead atoms. The summed E-state index contributed by atoms with van der Waals surface area (Å²) in [6.45, 7) is 0.466. The van der Waals surface area contributed by atoms with Crippen molar-refractivity contribution < 1.29 is 19.1 Å². The van der Waals surface area contributed by atoms with Crippen molar-refractivity contribution in [2.75, 3.05) is 20.8 Å². The first-order valence-corrected chi connectivity index (χ1v) is 9.13. The number of benzene rings is 2. The van der Waals surface area contributed by atoms with Crippen LogP contribution in [0.3, 0.4) is 0 Å². The van der Waals surface area contributed by atoms with Crippen LogP contribution in [0.1, 0.15) is 22.3 Å². The summed E-state index contributed by atoms with van der Waals surface area (Å²) in [5.74, 6) is -0.0292. The summed E-state index contributed by atoms with van der Waals surface area (Å²) in [7, 11) is 2.89. The van der Waals surface area contributed by atoms with E-state index >= 15 is 0 Å². The van der Waals surface area contributed by atoms with Crippen LogP contribution in [0.25, 0.3) is 10.8 Å². The highest BCUT2D eigenvalue weighted by atomic mass is 16.5. The van der Waals surface area contributed by atoms with Crippen molar-refractivity contribution in [2.45, 2.75) is 13.0 Å². The van der Waals surface area contributed by atoms with Gasteiger partial charge < -0.3 is 19.4 Å². The fourth-order valence-electron chi connectivity index (χ4n) is 3.04. The van der Waals surface area contributed by atoms with Gasteiger partial charge in [-0.1, -0.05) is 30.3 Å². The predicted octanol–water partition coefficient (Wildman–Crippen LogP) is 2.35. The van der Waals surface area contributed by atoms with Gasteiger partial charge in [0.05, 0.1) is 32.7 Å². The number of rotatable bonds is 7. The molecule has 0 saturated heterocycles. The number of aromatic nitrogens is 1. The lowest BCUT2D eigenvalue weighted by Gasteiger charge is -2.13. The maximum absolute atomic E-state index is 12.9. The molecule has 7 nitrogen and oxygen atoms in total. The van der Waals surface area contributed by atoms with Gasteiger partial charge in [0.1, 0.15) is 5.75 Å². The van der Waals surface area contributed by atoms with Crippen molar-refractivity contribution in [1.29, 1.82) is 0 Å². The second-order valence-corrected chi connectivity index (χ2v) is 6.45. The van der Waals surface area contributed by atoms with Crippen LogP contribution in [-0.2, 0) is 16.1 Å². The van der Waals surface area contributed by atoms with Crippen LogP contribution >= 0.6 is 0 Å². The lowest BCUT2D eigenvalue weighted by molar-refractivity contribution is -0.140. The molecule has 2 aromatic carbocycles. The number of carbonyl (C=O) groups is 2. The number of esters is 1. The molecule has 0 saturated carbocycles. The molecule has 1 heterocycles. The summed E-state index contributed by atoms with van der Waals surface area (Å²) in [6.07, 6.45) is 1.63. The zero-order chi connectivity index (χ0) is 20.8. The first kappa shape index (κ1) is 20.1. The van der Waals surface area contributed by atoms with E-state index in [2.05, 4.69) is 10.1 Å². The normalized spacial score (nSPS) is 10.6. The van der Waals surface area contributed by atoms with Crippen LogP contribution < -0.4 is 15.6 Å². The summed E-state index contributed by atoms with van der Waals surface area (Å²) in [5, 5.41) is 3.74. The van der Waals surface area contributed by atoms with Crippen LogP contribution in [-0.4, -0.2) is 37.2 Å². The Kier molecular flexibility index (Phi) is 6.29. The maximum Gasteiger partial charge on any atom is 0.307 e. The van der Waals surface area contributed by atoms with E-state index in [1.807, 2.05) is 24.3 Å². The summed E-state index contributed by atoms with van der Waals surface area (Å²) >= 11 is 0. The summed E-state index contributed by atoms with van der Waals surface area (Å²) in [4.78, 5) is 36.9. The molecule has 0 unspecified atom stereocenters. The van der Waals surface area contributed by atoms with Crippen LogP contribution in [0, 0.1) is 0 Å². The SMILES string of the molecule is COC(=O)CCNC(=O)c1cn(Cc2ccc(OC)cc2)c(=O)c2ccccc12. The third-order valence-corrected chi connectivity index (χ3v) is 4.59. The molecule has 1 N–H and O–H groups in total. The Morgan fingerprint density at radius 1 is 1.00 bits per heavy atom. The van der Waals surface area contributed by atoms with Crippen LogP contribution in [0.5, 0.6) is 5.75 Å². The Hall–Kier alpha value is -3.61. The van der Waals surface area contributed by atoms with Gasteiger partial charge in [-0.2, -0.15) is 0 Å². The van der Waals surface area contributed by atoms with E-state index in [-0.39, 0.29) is 24.4 Å². The number of nitrogens with one attached hydrogen (secondary N) is 1. The van der Waals surface area contributed by atoms with Crippen LogP contribution in [0.4, 0.5) is 0 Å². The monoisotopic (exact) mass is 394 g/mol. The second kappa shape index (κ2) is 9.05. The lowest BCUT2D eigenvalue weighted by atomic mass is 10.1. The highest BCUT2D eigenvalue weighted by Crippen LogP contribution is 2.17. The van der Waals surface area contributed by atoms with Gasteiger partial charge in [-0.25, -0.2) is 0 Å². The highest BCUT2D eigenvalue weighted by molar-refractivity contribution is 6.06. The van der Waals surface area contributed by atoms with E-state index in [0.717, 1.165) is 11.3 Å². The van der Waals surface area contributed by atoms with Gasteiger partial charge in [0.25, 0.3) is 11.5 Å². The quantitative estimate of drug-likeness (QED) is 0.622. The van der Waals surface area contributed by atoms with Gasteiger partial charge in [0.15, 0.2) is 0 Å². The zero-order valence-corrected chi connectivity index (χ0v) is 16.3. The van der Waals surface area contributed by atoms with Gasteiger partial charge in [0.2, 0.25) is 0 Å². The standard InChI is InChI=1S/C22H22N2O5/c1-28-16-9-7-15(8-10-16)13-24-14-19(21(26)23-12-11-20(25)29-2)17-5-3-4-6-18(17)22(24)27/h3-10,14H,11-13H2,1-2H3,(H,23,26). The molecular weight excluding hydrogens is 372 g/mol. The molecule has 29 heavy (non-hydrogen) atoms. The predicted molar refractivity (Wildman–Crippen MR) is 109 cm³/mol. The van der Waals surface area contributed by atoms with Gasteiger partial charge >= 0.3 is 5.97 Å². The average molecular weight is 394 g/mol. The van der Waals surface area contributed by atoms with Crippen molar-refractivity contribution in [2.24, 2.45) is 0 Å². The van der Waals surface area contributed by atoms with Gasteiger partial charge in [0, 0.05) is 23.5 Å². The van der Waals surface area contributed by atoms with E-state index in [0.29, 0.717) is 22.9 Å². The second-order valence-electron chi connectivity index (χ2n) is 6.45. The number of amides is 1. The minimum Gasteiger partial charge on any atom is -0.497 e. The van der Waals surface area contributed by atoms with E-state index in [1.54, 1.807) is 37.6 Å². The number of pyridine rings is 1. The molecule has 0 radical (unpaired) electrons. The Morgan fingerprint density at radius 2 is 1.69 bits per heavy atom. The van der Waals surface area contributed by atoms with Gasteiger partial charge in [-0.3, -0.25) is 14.4 Å². The van der Waals surface area contributed by atoms with Crippen molar-refractivity contribution >= 4 is 22.6 Å². The molecule has 1 aromatic heterocycles. The molecule has 0 aliphatic rings. The zero-order valence-electron chi connectivity index (χ0n) is 16.3. The molecule has 0 atom stereocenters. The smallest absolute Gasteiger partial charge is 0.307 e. The molecule has 150 valence electrons. The highest BCUT2D eigenvalue weighted by Gasteiger charge is 2.15. The summed E-state index contributed by atoms with van der Waals surface area (Å²) in [6, 6.07) is 14.4. The van der Waals surface area contributed by atoms with E-state index in [9.17, 15) is 14.4 Å². The topological polar surface area (TPSA) is 86.6 Å². The van der Waals surface area contributed by atoms with Crippen molar-refractivity contribution in [3.8, 4) is 5.75 Å². The van der Waals surface area contributed by atoms with Crippen molar-refractivity contribution in [3.05, 3.63) is 76.2 Å². The van der Waals surface area contributed by atoms with Crippen LogP contribution in [0.2, 0.25) is 0 Å². The fraction of sp³-hybridized carbons (Fsp3) is 0.227. The maximum atomic E-state index is 12.9. The summed E-state index contributed by atoms with van der Waals surface area (Å²) in [5.41, 5.74) is 1.10. The third kappa shape index (κ3) is 4.63. The number of hydrogen-bond donors (Lipinski definition) is 1. The molecule has 3 rings (SSSR count). The molecule has 7 heteroatoms. The number of nitrogens with zero attached hydrogens (tertiary/aromatic N) is 1. The third-order valence-electron chi connectivity index (χ3n) is 4.59. The Labute approximate surface area is 167 Å². The molecule has 1 amide bonds. The minimum absolute atomic E-state index is 0.0751. The summed E-state index contributed by atoms with van der Waals surface area (Å²) < 4.78 is 11.3. The first-order chi connectivity index (χ1) is 14.0. The van der Waals surface area contributed by atoms with Crippen molar-refractivity contribution in [1.82, 2.24) is 9.88 Å². The molecular formula is C22H22N2O5. The van der Waals surface area contributed by atoms with E-state index < -0.39 is 5.97 Å². The molecule has 3 aromatic rings. The number of carbonyl (C=O) groups excluding carboxylic acids is 2. The molecule has 0 fully saturated rings. The largest absolute Gasteiger partial charge is 0.497 e. The Morgan fingerprint density at radius 3 is 2.34 bits per heavy atom. The number of methoxy groups -OCH3 is 2. The fourth-order valence-corrected chi connectivity index (χ4v) is 3.04. The van der Waals surface area contributed by atoms with Crippen molar-refractivity contribution in [3.63, 3.8) is 0 Å². The first-order valence-electron chi connectivity index (χ1n) is 9.13. The van der Waals surface area contributed by atoms with E-state index in [4.69, 9.17) is 4.74 Å². The Bertz CT molecular complexity index is 1090. The molecule has 0 spiro atoms. The van der Waals surface area contributed by atoms with Gasteiger partial charge in [-0.05, 0) is 23.8 Å². The van der Waals surface area contributed by atoms with E-state index in [1.165, 1.54) is 11.7 Å². The number of ether oxygens (including phenoxy) is 2. The van der Waals surface area contributed by atoms with Crippen LogP contribution in [0.15, 0.2) is 59.5 Å². The number of hydrogen-bond acceptors (Lipinski definition) is 5. The Balaban J connectivity index is 1.94. The lowest BCUT2D eigenvalue weighted by Crippen LogP contribution is -2.29. The minimum atomic E-state index is -0.403. The van der Waals surface area contributed by atoms with Gasteiger partial charge in [-0.15, -0.1) is 0 Å². The molecule has 0 aliphatic heterocycles. The average Bonchev–Trinajstić information content (AvgIpc) is 2.76.